The average molecular weight is 437 g/mol. The summed E-state index contributed by atoms with van der Waals surface area (Å²) in [4.78, 5) is 28.2. The van der Waals surface area contributed by atoms with E-state index in [4.69, 9.17) is 4.74 Å². The molecule has 0 bridgehead atoms. The number of carbonyl (C=O) groups is 2. The van der Waals surface area contributed by atoms with Crippen molar-refractivity contribution in [3.8, 4) is 5.75 Å². The SMILES string of the molecule is CCC(C(=O)NC1CCCCC1)N(Cc1ccccc1)C(=O)COc1cccc(C)c1C. The minimum Gasteiger partial charge on any atom is -0.483 e. The summed E-state index contributed by atoms with van der Waals surface area (Å²) in [6, 6.07) is 15.3. The van der Waals surface area contributed by atoms with Crippen LogP contribution in [0, 0.1) is 13.8 Å². The molecule has 0 saturated heterocycles. The van der Waals surface area contributed by atoms with Crippen molar-refractivity contribution >= 4 is 11.8 Å². The first-order valence-electron chi connectivity index (χ1n) is 11.8. The molecule has 5 heteroatoms. The van der Waals surface area contributed by atoms with E-state index in [0.29, 0.717) is 18.7 Å². The van der Waals surface area contributed by atoms with Gasteiger partial charge in [0.25, 0.3) is 5.91 Å². The van der Waals surface area contributed by atoms with Gasteiger partial charge in [0.05, 0.1) is 0 Å². The Bertz CT molecular complexity index is 891. The number of hydrogen-bond acceptors (Lipinski definition) is 3. The van der Waals surface area contributed by atoms with Gasteiger partial charge < -0.3 is 15.0 Å². The largest absolute Gasteiger partial charge is 0.483 e. The number of carbonyl (C=O) groups excluding carboxylic acids is 2. The molecule has 0 aromatic heterocycles. The maximum atomic E-state index is 13.3. The Morgan fingerprint density at radius 3 is 2.44 bits per heavy atom. The predicted octanol–water partition coefficient (Wildman–Crippen LogP) is 4.94. The molecule has 3 rings (SSSR count). The normalized spacial score (nSPS) is 15.1. The van der Waals surface area contributed by atoms with Crippen LogP contribution in [0.5, 0.6) is 5.75 Å². The highest BCUT2D eigenvalue weighted by Gasteiger charge is 2.30. The second kappa shape index (κ2) is 11.7. The molecule has 1 saturated carbocycles. The van der Waals surface area contributed by atoms with Gasteiger partial charge in [-0.3, -0.25) is 9.59 Å². The Morgan fingerprint density at radius 2 is 1.75 bits per heavy atom. The molecule has 0 spiro atoms. The van der Waals surface area contributed by atoms with Gasteiger partial charge in [-0.2, -0.15) is 0 Å². The number of ether oxygens (including phenoxy) is 1. The molecule has 1 aliphatic carbocycles. The van der Waals surface area contributed by atoms with E-state index in [-0.39, 0.29) is 24.5 Å². The van der Waals surface area contributed by atoms with E-state index in [0.717, 1.165) is 42.4 Å². The molecular weight excluding hydrogens is 400 g/mol. The molecule has 0 aliphatic heterocycles. The highest BCUT2D eigenvalue weighted by Crippen LogP contribution is 2.22. The Hall–Kier alpha value is -2.82. The van der Waals surface area contributed by atoms with Gasteiger partial charge >= 0.3 is 0 Å². The van der Waals surface area contributed by atoms with Crippen molar-refractivity contribution in [3.63, 3.8) is 0 Å². The molecule has 1 atom stereocenters. The Balaban J connectivity index is 1.75. The molecule has 0 heterocycles. The number of hydrogen-bond donors (Lipinski definition) is 1. The van der Waals surface area contributed by atoms with Crippen LogP contribution in [0.4, 0.5) is 0 Å². The molecule has 1 fully saturated rings. The van der Waals surface area contributed by atoms with E-state index in [9.17, 15) is 9.59 Å². The quantitative estimate of drug-likeness (QED) is 0.606. The van der Waals surface area contributed by atoms with Crippen LogP contribution in [0.3, 0.4) is 0 Å². The van der Waals surface area contributed by atoms with Crippen molar-refractivity contribution in [3.05, 3.63) is 65.2 Å². The van der Waals surface area contributed by atoms with Gasteiger partial charge in [-0.05, 0) is 55.9 Å². The monoisotopic (exact) mass is 436 g/mol. The zero-order valence-corrected chi connectivity index (χ0v) is 19.6. The van der Waals surface area contributed by atoms with E-state index in [1.165, 1.54) is 6.42 Å². The van der Waals surface area contributed by atoms with Crippen molar-refractivity contribution < 1.29 is 14.3 Å². The van der Waals surface area contributed by atoms with Crippen LogP contribution >= 0.6 is 0 Å². The number of benzene rings is 2. The third kappa shape index (κ3) is 6.35. The van der Waals surface area contributed by atoms with Crippen molar-refractivity contribution in [2.75, 3.05) is 6.61 Å². The maximum absolute atomic E-state index is 13.3. The third-order valence-corrected chi connectivity index (χ3v) is 6.44. The van der Waals surface area contributed by atoms with Crippen LogP contribution in [0.25, 0.3) is 0 Å². The van der Waals surface area contributed by atoms with Crippen molar-refractivity contribution in [2.45, 2.75) is 77.9 Å². The summed E-state index contributed by atoms with van der Waals surface area (Å²) < 4.78 is 5.90. The predicted molar refractivity (Wildman–Crippen MR) is 127 cm³/mol. The minimum atomic E-state index is -0.521. The molecule has 2 aromatic carbocycles. The van der Waals surface area contributed by atoms with Gasteiger partial charge in [0, 0.05) is 12.6 Å². The minimum absolute atomic E-state index is 0.0598. The summed E-state index contributed by atoms with van der Waals surface area (Å²) in [5.74, 6) is 0.466. The van der Waals surface area contributed by atoms with Gasteiger partial charge in [-0.25, -0.2) is 0 Å². The summed E-state index contributed by atoms with van der Waals surface area (Å²) >= 11 is 0. The molecular formula is C27H36N2O3. The van der Waals surface area contributed by atoms with Crippen LogP contribution < -0.4 is 10.1 Å². The summed E-state index contributed by atoms with van der Waals surface area (Å²) in [6.45, 7) is 6.26. The lowest BCUT2D eigenvalue weighted by Crippen LogP contribution is -2.52. The molecule has 1 unspecified atom stereocenters. The zero-order valence-electron chi connectivity index (χ0n) is 19.6. The number of nitrogens with one attached hydrogen (secondary N) is 1. The summed E-state index contributed by atoms with van der Waals surface area (Å²) in [5, 5.41) is 3.21. The Morgan fingerprint density at radius 1 is 1.03 bits per heavy atom. The van der Waals surface area contributed by atoms with Crippen molar-refractivity contribution in [1.82, 2.24) is 10.2 Å². The molecule has 32 heavy (non-hydrogen) atoms. The smallest absolute Gasteiger partial charge is 0.261 e. The fourth-order valence-corrected chi connectivity index (χ4v) is 4.35. The molecule has 1 N–H and O–H groups in total. The Labute approximate surface area is 192 Å². The molecule has 2 amide bonds. The van der Waals surface area contributed by atoms with Gasteiger partial charge in [-0.1, -0.05) is 68.7 Å². The van der Waals surface area contributed by atoms with Crippen molar-refractivity contribution in [2.24, 2.45) is 0 Å². The zero-order chi connectivity index (χ0) is 22.9. The summed E-state index contributed by atoms with van der Waals surface area (Å²) in [6.07, 6.45) is 6.13. The summed E-state index contributed by atoms with van der Waals surface area (Å²) in [5.41, 5.74) is 3.14. The topological polar surface area (TPSA) is 58.6 Å². The van der Waals surface area contributed by atoms with Crippen LogP contribution in [0.15, 0.2) is 48.5 Å². The fourth-order valence-electron chi connectivity index (χ4n) is 4.35. The second-order valence-corrected chi connectivity index (χ2v) is 8.76. The molecule has 5 nitrogen and oxygen atoms in total. The fraction of sp³-hybridized carbons (Fsp3) is 0.481. The number of nitrogens with zero attached hydrogens (tertiary/aromatic N) is 1. The molecule has 172 valence electrons. The highest BCUT2D eigenvalue weighted by atomic mass is 16.5. The van der Waals surface area contributed by atoms with Crippen LogP contribution in [0.1, 0.15) is 62.1 Å². The van der Waals surface area contributed by atoms with Gasteiger partial charge in [0.2, 0.25) is 5.91 Å². The van der Waals surface area contributed by atoms with E-state index in [1.54, 1.807) is 4.90 Å². The van der Waals surface area contributed by atoms with Gasteiger partial charge in [0.1, 0.15) is 11.8 Å². The first-order valence-corrected chi connectivity index (χ1v) is 11.8. The number of amides is 2. The maximum Gasteiger partial charge on any atom is 0.261 e. The van der Waals surface area contributed by atoms with Crippen LogP contribution in [-0.4, -0.2) is 35.4 Å². The number of rotatable bonds is 9. The molecule has 1 aliphatic rings. The van der Waals surface area contributed by atoms with Gasteiger partial charge in [-0.15, -0.1) is 0 Å². The van der Waals surface area contributed by atoms with E-state index < -0.39 is 6.04 Å². The van der Waals surface area contributed by atoms with Crippen LogP contribution in [-0.2, 0) is 16.1 Å². The van der Waals surface area contributed by atoms with Gasteiger partial charge in [0.15, 0.2) is 6.61 Å². The van der Waals surface area contributed by atoms with Crippen LogP contribution in [0.2, 0.25) is 0 Å². The van der Waals surface area contributed by atoms with E-state index >= 15 is 0 Å². The Kier molecular flexibility index (Phi) is 8.72. The highest BCUT2D eigenvalue weighted by molar-refractivity contribution is 5.88. The third-order valence-electron chi connectivity index (χ3n) is 6.44. The van der Waals surface area contributed by atoms with E-state index in [2.05, 4.69) is 5.32 Å². The standard InChI is InChI=1S/C27H36N2O3/c1-4-24(27(31)28-23-15-9-6-10-16-23)29(18-22-13-7-5-8-14-22)26(30)19-32-25-17-11-12-20(2)21(25)3/h5,7-8,11-14,17,23-24H,4,6,9-10,15-16,18-19H2,1-3H3,(H,28,31). The van der Waals surface area contributed by atoms with E-state index in [1.807, 2.05) is 69.3 Å². The summed E-state index contributed by atoms with van der Waals surface area (Å²) in [7, 11) is 0. The molecule has 0 radical (unpaired) electrons. The first-order chi connectivity index (χ1) is 15.5. The lowest BCUT2D eigenvalue weighted by atomic mass is 9.95. The second-order valence-electron chi connectivity index (χ2n) is 8.76. The lowest BCUT2D eigenvalue weighted by molar-refractivity contribution is -0.143. The lowest BCUT2D eigenvalue weighted by Gasteiger charge is -2.32. The first kappa shape index (κ1) is 23.8. The molecule has 2 aromatic rings. The average Bonchev–Trinajstić information content (AvgIpc) is 2.81. The van der Waals surface area contributed by atoms with Crippen molar-refractivity contribution in [1.29, 1.82) is 0 Å². The number of aryl methyl sites for hydroxylation is 1.